The van der Waals surface area contributed by atoms with Crippen LogP contribution in [0.1, 0.15) is 30.0 Å². The summed E-state index contributed by atoms with van der Waals surface area (Å²) in [6, 6.07) is 8.24. The quantitative estimate of drug-likeness (QED) is 0.558. The molecular weight excluding hydrogens is 438 g/mol. The summed E-state index contributed by atoms with van der Waals surface area (Å²) in [6.07, 6.45) is 2.96. The topological polar surface area (TPSA) is 82.1 Å². The molecule has 9 heteroatoms. The van der Waals surface area contributed by atoms with E-state index < -0.39 is 11.2 Å². The summed E-state index contributed by atoms with van der Waals surface area (Å²) in [4.78, 5) is 43.9. The average molecular weight is 460 g/mol. The van der Waals surface area contributed by atoms with Gasteiger partial charge in [-0.1, -0.05) is 24.3 Å². The number of nitrogens with zero attached hydrogens (tertiary/aromatic N) is 5. The zero-order valence-electron chi connectivity index (χ0n) is 16.6. The second-order valence-corrected chi connectivity index (χ2v) is 8.17. The SMILES string of the molecule is CN(C(=O)Cn1c(Br)nc2c(=O)n(C)c(=O)n(C)c21)[C@H]1CCCc2ccccc21. The second kappa shape index (κ2) is 7.29. The molecule has 0 saturated heterocycles. The summed E-state index contributed by atoms with van der Waals surface area (Å²) < 4.78 is 4.28. The highest BCUT2D eigenvalue weighted by Gasteiger charge is 2.28. The Morgan fingerprint density at radius 1 is 1.24 bits per heavy atom. The van der Waals surface area contributed by atoms with Crippen LogP contribution in [0.25, 0.3) is 11.2 Å². The first-order chi connectivity index (χ1) is 13.8. The minimum atomic E-state index is -0.482. The summed E-state index contributed by atoms with van der Waals surface area (Å²) >= 11 is 3.34. The summed E-state index contributed by atoms with van der Waals surface area (Å²) in [7, 11) is 4.79. The Balaban J connectivity index is 1.71. The molecule has 0 aliphatic heterocycles. The summed E-state index contributed by atoms with van der Waals surface area (Å²) in [5.41, 5.74) is 2.01. The number of halogens is 1. The Labute approximate surface area is 175 Å². The molecular formula is C20H22BrN5O3. The van der Waals surface area contributed by atoms with Crippen LogP contribution in [0.5, 0.6) is 0 Å². The highest BCUT2D eigenvalue weighted by molar-refractivity contribution is 9.10. The van der Waals surface area contributed by atoms with Crippen molar-refractivity contribution in [3.05, 3.63) is 61.0 Å². The van der Waals surface area contributed by atoms with Crippen LogP contribution in [0.4, 0.5) is 0 Å². The predicted octanol–water partition coefficient (Wildman–Crippen LogP) is 1.73. The van der Waals surface area contributed by atoms with E-state index >= 15 is 0 Å². The van der Waals surface area contributed by atoms with Gasteiger partial charge in [-0.05, 0) is 46.3 Å². The second-order valence-electron chi connectivity index (χ2n) is 7.46. The average Bonchev–Trinajstić information content (AvgIpc) is 3.06. The van der Waals surface area contributed by atoms with Crippen molar-refractivity contribution < 1.29 is 4.79 Å². The molecule has 29 heavy (non-hydrogen) atoms. The number of aromatic nitrogens is 4. The molecule has 0 fully saturated rings. The lowest BCUT2D eigenvalue weighted by molar-refractivity contribution is -0.133. The smallest absolute Gasteiger partial charge is 0.332 e. The van der Waals surface area contributed by atoms with E-state index in [1.165, 1.54) is 22.7 Å². The van der Waals surface area contributed by atoms with E-state index in [0.717, 1.165) is 23.8 Å². The predicted molar refractivity (Wildman–Crippen MR) is 113 cm³/mol. The Morgan fingerprint density at radius 2 is 1.97 bits per heavy atom. The molecule has 8 nitrogen and oxygen atoms in total. The zero-order valence-corrected chi connectivity index (χ0v) is 18.1. The number of fused-ring (bicyclic) bond motifs is 2. The van der Waals surface area contributed by atoms with Gasteiger partial charge < -0.3 is 4.90 Å². The van der Waals surface area contributed by atoms with Crippen molar-refractivity contribution in [3.63, 3.8) is 0 Å². The molecule has 4 rings (SSSR count). The molecule has 3 aromatic rings. The van der Waals surface area contributed by atoms with Crippen LogP contribution in [-0.2, 0) is 31.9 Å². The summed E-state index contributed by atoms with van der Waals surface area (Å²) in [5, 5.41) is 0. The van der Waals surface area contributed by atoms with E-state index in [9.17, 15) is 14.4 Å². The molecule has 1 aliphatic carbocycles. The molecule has 0 spiro atoms. The van der Waals surface area contributed by atoms with E-state index in [2.05, 4.69) is 33.0 Å². The largest absolute Gasteiger partial charge is 0.337 e. The molecule has 1 atom stereocenters. The number of rotatable bonds is 3. The number of imidazole rings is 1. The monoisotopic (exact) mass is 459 g/mol. The molecule has 1 amide bonds. The van der Waals surface area contributed by atoms with Gasteiger partial charge in [0.25, 0.3) is 5.56 Å². The normalized spacial score (nSPS) is 16.1. The van der Waals surface area contributed by atoms with Crippen molar-refractivity contribution in [2.24, 2.45) is 14.1 Å². The van der Waals surface area contributed by atoms with Crippen molar-refractivity contribution >= 4 is 33.0 Å². The molecule has 0 N–H and O–H groups in total. The summed E-state index contributed by atoms with van der Waals surface area (Å²) in [5.74, 6) is -0.111. The number of aryl methyl sites for hydroxylation is 2. The number of carbonyl (C=O) groups excluding carboxylic acids is 1. The molecule has 152 valence electrons. The molecule has 0 bridgehead atoms. The van der Waals surface area contributed by atoms with Gasteiger partial charge >= 0.3 is 5.69 Å². The first-order valence-corrected chi connectivity index (χ1v) is 10.3. The Bertz CT molecular complexity index is 1240. The van der Waals surface area contributed by atoms with Crippen molar-refractivity contribution in [3.8, 4) is 0 Å². The third-order valence-corrected chi connectivity index (χ3v) is 6.39. The highest BCUT2D eigenvalue weighted by atomic mass is 79.9. The van der Waals surface area contributed by atoms with Crippen LogP contribution in [0.15, 0.2) is 38.6 Å². The minimum Gasteiger partial charge on any atom is -0.337 e. The van der Waals surface area contributed by atoms with Crippen molar-refractivity contribution in [2.75, 3.05) is 7.05 Å². The number of amides is 1. The Kier molecular flexibility index (Phi) is 4.94. The van der Waals surface area contributed by atoms with Crippen LogP contribution < -0.4 is 11.2 Å². The maximum absolute atomic E-state index is 13.1. The van der Waals surface area contributed by atoms with Gasteiger partial charge in [-0.2, -0.15) is 0 Å². The highest BCUT2D eigenvalue weighted by Crippen LogP contribution is 2.33. The third-order valence-electron chi connectivity index (χ3n) is 5.79. The van der Waals surface area contributed by atoms with Crippen LogP contribution in [0.2, 0.25) is 0 Å². The van der Waals surface area contributed by atoms with Crippen LogP contribution in [0, 0.1) is 0 Å². The fraction of sp³-hybridized carbons (Fsp3) is 0.400. The standard InChI is InChI=1S/C20H22BrN5O3/c1-23(14-10-6-8-12-7-4-5-9-13(12)14)15(27)11-26-17-16(22-19(26)21)18(28)25(3)20(29)24(17)2/h4-5,7,9,14H,6,8,10-11H2,1-3H3/t14-/m0/s1. The lowest BCUT2D eigenvalue weighted by Crippen LogP contribution is -2.38. The molecule has 1 aliphatic rings. The van der Waals surface area contributed by atoms with Crippen LogP contribution in [-0.4, -0.2) is 36.5 Å². The molecule has 2 aromatic heterocycles. The molecule has 1 aromatic carbocycles. The van der Waals surface area contributed by atoms with Crippen LogP contribution >= 0.6 is 15.9 Å². The van der Waals surface area contributed by atoms with E-state index in [-0.39, 0.29) is 24.0 Å². The fourth-order valence-corrected chi connectivity index (χ4v) is 4.62. The van der Waals surface area contributed by atoms with Crippen LogP contribution in [0.3, 0.4) is 0 Å². The maximum Gasteiger partial charge on any atom is 0.332 e. The first kappa shape index (κ1) is 19.6. The van der Waals surface area contributed by atoms with E-state index in [4.69, 9.17) is 0 Å². The Morgan fingerprint density at radius 3 is 2.72 bits per heavy atom. The van der Waals surface area contributed by atoms with Gasteiger partial charge in [-0.25, -0.2) is 9.78 Å². The lowest BCUT2D eigenvalue weighted by Gasteiger charge is -2.33. The molecule has 0 unspecified atom stereocenters. The number of hydrogen-bond acceptors (Lipinski definition) is 4. The molecule has 0 saturated carbocycles. The Hall–Kier alpha value is -2.68. The van der Waals surface area contributed by atoms with Gasteiger partial charge in [0.05, 0.1) is 6.04 Å². The maximum atomic E-state index is 13.1. The number of hydrogen-bond donors (Lipinski definition) is 0. The van der Waals surface area contributed by atoms with E-state index in [1.807, 2.05) is 12.1 Å². The first-order valence-electron chi connectivity index (χ1n) is 9.46. The van der Waals surface area contributed by atoms with Gasteiger partial charge in [0, 0.05) is 21.1 Å². The fourth-order valence-electron chi connectivity index (χ4n) is 4.15. The third kappa shape index (κ3) is 3.13. The van der Waals surface area contributed by atoms with Gasteiger partial charge in [0.15, 0.2) is 15.9 Å². The van der Waals surface area contributed by atoms with Crippen molar-refractivity contribution in [1.82, 2.24) is 23.6 Å². The number of benzene rings is 1. The minimum absolute atomic E-state index is 0.0118. The number of carbonyl (C=O) groups is 1. The van der Waals surface area contributed by atoms with Crippen molar-refractivity contribution in [1.29, 1.82) is 0 Å². The van der Waals surface area contributed by atoms with E-state index in [1.54, 1.807) is 23.6 Å². The number of likely N-dealkylation sites (N-methyl/N-ethyl adjacent to an activating group) is 1. The van der Waals surface area contributed by atoms with Gasteiger partial charge in [-0.3, -0.25) is 23.3 Å². The summed E-state index contributed by atoms with van der Waals surface area (Å²) in [6.45, 7) is -0.0211. The van der Waals surface area contributed by atoms with E-state index in [0.29, 0.717) is 10.4 Å². The molecule has 0 radical (unpaired) electrons. The van der Waals surface area contributed by atoms with Gasteiger partial charge in [0.1, 0.15) is 6.54 Å². The van der Waals surface area contributed by atoms with Crippen molar-refractivity contribution in [2.45, 2.75) is 31.8 Å². The van der Waals surface area contributed by atoms with Gasteiger partial charge in [-0.15, -0.1) is 0 Å². The zero-order chi connectivity index (χ0) is 20.9. The van der Waals surface area contributed by atoms with Gasteiger partial charge in [0.2, 0.25) is 5.91 Å². The lowest BCUT2D eigenvalue weighted by atomic mass is 9.87. The molecule has 2 heterocycles.